The van der Waals surface area contributed by atoms with E-state index in [1.54, 1.807) is 11.3 Å². The summed E-state index contributed by atoms with van der Waals surface area (Å²) in [5.41, 5.74) is 1.42. The average Bonchev–Trinajstić information content (AvgIpc) is 3.38. The van der Waals surface area contributed by atoms with E-state index in [2.05, 4.69) is 31.2 Å². The summed E-state index contributed by atoms with van der Waals surface area (Å²) in [6.07, 6.45) is 8.35. The quantitative estimate of drug-likeness (QED) is 0.894. The second kappa shape index (κ2) is 6.92. The van der Waals surface area contributed by atoms with Gasteiger partial charge in [0.05, 0.1) is 18.6 Å². The molecular weight excluding hydrogens is 332 g/mol. The summed E-state index contributed by atoms with van der Waals surface area (Å²) in [6, 6.07) is 4.12. The second-order valence-corrected chi connectivity index (χ2v) is 8.59. The van der Waals surface area contributed by atoms with E-state index >= 15 is 0 Å². The lowest BCUT2D eigenvalue weighted by Crippen LogP contribution is -2.40. The zero-order chi connectivity index (χ0) is 17.3. The van der Waals surface area contributed by atoms with Crippen molar-refractivity contribution in [2.45, 2.75) is 38.8 Å². The Hall–Kier alpha value is -1.66. The first-order valence-corrected chi connectivity index (χ1v) is 10.0. The van der Waals surface area contributed by atoms with Gasteiger partial charge in [-0.2, -0.15) is 0 Å². The number of carbonyl (C=O) groups is 1. The van der Waals surface area contributed by atoms with Gasteiger partial charge in [-0.05, 0) is 42.7 Å². The molecular formula is C19H26N4OS. The Labute approximate surface area is 153 Å². The van der Waals surface area contributed by atoms with Crippen LogP contribution in [0.5, 0.6) is 0 Å². The molecule has 1 amide bonds. The first kappa shape index (κ1) is 16.8. The number of amides is 1. The number of imidazole rings is 1. The van der Waals surface area contributed by atoms with Crippen LogP contribution in [0.3, 0.4) is 0 Å². The topological polar surface area (TPSA) is 50.2 Å². The molecule has 6 heteroatoms. The Morgan fingerprint density at radius 3 is 3.16 bits per heavy atom. The molecule has 0 radical (unpaired) electrons. The molecule has 25 heavy (non-hydrogen) atoms. The van der Waals surface area contributed by atoms with Gasteiger partial charge in [0.25, 0.3) is 0 Å². The van der Waals surface area contributed by atoms with Crippen molar-refractivity contribution in [2.24, 2.45) is 18.4 Å². The highest BCUT2D eigenvalue weighted by molar-refractivity contribution is 7.09. The summed E-state index contributed by atoms with van der Waals surface area (Å²) in [4.78, 5) is 20.8. The maximum Gasteiger partial charge on any atom is 0.224 e. The fraction of sp³-hybridized carbons (Fsp3) is 0.579. The van der Waals surface area contributed by atoms with Crippen LogP contribution in [0.2, 0.25) is 0 Å². The molecule has 0 bridgehead atoms. The van der Waals surface area contributed by atoms with Crippen molar-refractivity contribution < 1.29 is 4.79 Å². The van der Waals surface area contributed by atoms with Crippen LogP contribution in [0, 0.1) is 11.3 Å². The average molecular weight is 359 g/mol. The molecule has 2 aliphatic rings. The van der Waals surface area contributed by atoms with Gasteiger partial charge in [0.15, 0.2) is 0 Å². The van der Waals surface area contributed by atoms with Crippen molar-refractivity contribution in [2.75, 3.05) is 13.1 Å². The molecule has 1 saturated heterocycles. The number of likely N-dealkylation sites (tertiary alicyclic amines) is 1. The number of aryl methyl sites for hydroxylation is 1. The summed E-state index contributed by atoms with van der Waals surface area (Å²) in [5, 5.41) is 5.25. The Morgan fingerprint density at radius 1 is 1.48 bits per heavy atom. The Kier molecular flexibility index (Phi) is 4.65. The minimum Gasteiger partial charge on any atom is -0.351 e. The first-order chi connectivity index (χ1) is 12.2. The molecule has 0 aromatic carbocycles. The van der Waals surface area contributed by atoms with Gasteiger partial charge in [0.2, 0.25) is 5.91 Å². The Morgan fingerprint density at radius 2 is 2.40 bits per heavy atom. The van der Waals surface area contributed by atoms with Crippen LogP contribution in [-0.4, -0.2) is 33.4 Å². The third-order valence-corrected chi connectivity index (χ3v) is 6.88. The molecule has 4 rings (SSSR count). The van der Waals surface area contributed by atoms with Crippen LogP contribution < -0.4 is 5.32 Å². The van der Waals surface area contributed by atoms with Gasteiger partial charge in [-0.25, -0.2) is 4.98 Å². The van der Waals surface area contributed by atoms with E-state index in [0.29, 0.717) is 6.54 Å². The van der Waals surface area contributed by atoms with Gasteiger partial charge in [-0.15, -0.1) is 11.3 Å². The van der Waals surface area contributed by atoms with Crippen LogP contribution in [0.15, 0.2) is 30.0 Å². The van der Waals surface area contributed by atoms with Gasteiger partial charge in [0, 0.05) is 37.1 Å². The van der Waals surface area contributed by atoms with E-state index < -0.39 is 0 Å². The fourth-order valence-corrected chi connectivity index (χ4v) is 5.28. The van der Waals surface area contributed by atoms with Crippen molar-refractivity contribution >= 4 is 17.2 Å². The molecule has 3 heterocycles. The molecule has 1 aliphatic heterocycles. The second-order valence-electron chi connectivity index (χ2n) is 7.56. The lowest BCUT2D eigenvalue weighted by molar-refractivity contribution is -0.128. The Balaban J connectivity index is 1.38. The number of nitrogens with one attached hydrogen (secondary N) is 1. The molecule has 1 N–H and O–H groups in total. The molecule has 2 aromatic rings. The molecule has 2 fully saturated rings. The molecule has 5 nitrogen and oxygen atoms in total. The molecule has 2 aromatic heterocycles. The van der Waals surface area contributed by atoms with Crippen molar-refractivity contribution in [3.8, 4) is 0 Å². The minimum absolute atomic E-state index is 0.170. The van der Waals surface area contributed by atoms with E-state index in [0.717, 1.165) is 32.5 Å². The number of nitrogens with zero attached hydrogens (tertiary/aromatic N) is 3. The number of rotatable bonds is 5. The van der Waals surface area contributed by atoms with Gasteiger partial charge < -0.3 is 9.88 Å². The van der Waals surface area contributed by atoms with Crippen LogP contribution in [0.1, 0.15) is 36.3 Å². The summed E-state index contributed by atoms with van der Waals surface area (Å²) >= 11 is 1.70. The highest BCUT2D eigenvalue weighted by Gasteiger charge is 2.50. The fourth-order valence-electron chi connectivity index (χ4n) is 4.63. The monoisotopic (exact) mass is 358 g/mol. The van der Waals surface area contributed by atoms with Crippen LogP contribution >= 0.6 is 11.3 Å². The molecule has 2 atom stereocenters. The lowest BCUT2D eigenvalue weighted by Gasteiger charge is -2.30. The van der Waals surface area contributed by atoms with E-state index in [-0.39, 0.29) is 17.2 Å². The predicted octanol–water partition coefficient (Wildman–Crippen LogP) is 2.79. The maximum atomic E-state index is 12.8. The van der Waals surface area contributed by atoms with Crippen molar-refractivity contribution in [1.82, 2.24) is 19.8 Å². The smallest absolute Gasteiger partial charge is 0.224 e. The third kappa shape index (κ3) is 3.37. The minimum atomic E-state index is 0.170. The highest BCUT2D eigenvalue weighted by atomic mass is 32.1. The zero-order valence-corrected chi connectivity index (χ0v) is 15.6. The van der Waals surface area contributed by atoms with E-state index in [1.165, 1.54) is 23.4 Å². The van der Waals surface area contributed by atoms with Crippen LogP contribution in [0.4, 0.5) is 0 Å². The predicted molar refractivity (Wildman–Crippen MR) is 99.0 cm³/mol. The standard InChI is InChI=1S/C19H26N4OS/c1-22-14-20-10-15(22)12-23-8-7-19(13-23)6-2-5-17(19)18(24)21-11-16-4-3-9-25-16/h3-4,9-10,14,17H,2,5-8,11-13H2,1H3,(H,21,24)/t17-,19+/m1/s1. The SMILES string of the molecule is Cn1cncc1CN1CC[C@@]2(CCC[C@@H]2C(=O)NCc2cccs2)C1. The van der Waals surface area contributed by atoms with Crippen LogP contribution in [0.25, 0.3) is 0 Å². The molecule has 1 aliphatic carbocycles. The number of aromatic nitrogens is 2. The summed E-state index contributed by atoms with van der Waals surface area (Å²) in [5.74, 6) is 0.428. The molecule has 1 spiro atoms. The van der Waals surface area contributed by atoms with Crippen molar-refractivity contribution in [1.29, 1.82) is 0 Å². The normalized spacial score (nSPS) is 26.5. The van der Waals surface area contributed by atoms with Crippen LogP contribution in [-0.2, 0) is 24.9 Å². The molecule has 0 unspecified atom stereocenters. The number of thiophene rings is 1. The van der Waals surface area contributed by atoms with Crippen molar-refractivity contribution in [3.05, 3.63) is 40.6 Å². The number of carbonyl (C=O) groups excluding carboxylic acids is 1. The van der Waals surface area contributed by atoms with E-state index in [4.69, 9.17) is 0 Å². The van der Waals surface area contributed by atoms with Gasteiger partial charge in [-0.3, -0.25) is 9.69 Å². The summed E-state index contributed by atoms with van der Waals surface area (Å²) < 4.78 is 2.09. The Bertz CT molecular complexity index is 726. The zero-order valence-electron chi connectivity index (χ0n) is 14.8. The number of hydrogen-bond acceptors (Lipinski definition) is 4. The summed E-state index contributed by atoms with van der Waals surface area (Å²) in [6.45, 7) is 3.72. The van der Waals surface area contributed by atoms with Gasteiger partial charge in [0.1, 0.15) is 0 Å². The third-order valence-electron chi connectivity index (χ3n) is 6.01. The van der Waals surface area contributed by atoms with Gasteiger partial charge >= 0.3 is 0 Å². The lowest BCUT2D eigenvalue weighted by atomic mass is 9.76. The molecule has 134 valence electrons. The highest BCUT2D eigenvalue weighted by Crippen LogP contribution is 2.50. The number of hydrogen-bond donors (Lipinski definition) is 1. The first-order valence-electron chi connectivity index (χ1n) is 9.14. The van der Waals surface area contributed by atoms with Gasteiger partial charge in [-0.1, -0.05) is 12.5 Å². The van der Waals surface area contributed by atoms with E-state index in [1.807, 2.05) is 25.6 Å². The maximum absolute atomic E-state index is 12.8. The summed E-state index contributed by atoms with van der Waals surface area (Å²) in [7, 11) is 2.05. The van der Waals surface area contributed by atoms with Crippen molar-refractivity contribution in [3.63, 3.8) is 0 Å². The van der Waals surface area contributed by atoms with E-state index in [9.17, 15) is 4.79 Å². The largest absolute Gasteiger partial charge is 0.351 e. The molecule has 1 saturated carbocycles.